The summed E-state index contributed by atoms with van der Waals surface area (Å²) in [5.74, 6) is -0.750. The Morgan fingerprint density at radius 3 is 2.22 bits per heavy atom. The van der Waals surface area contributed by atoms with E-state index in [1.807, 2.05) is 0 Å². The molecule has 0 radical (unpaired) electrons. The zero-order valence-electron chi connectivity index (χ0n) is 15.7. The molecule has 27 heavy (non-hydrogen) atoms. The lowest BCUT2D eigenvalue weighted by molar-refractivity contribution is 0.320. The van der Waals surface area contributed by atoms with Crippen LogP contribution < -0.4 is 5.32 Å². The van der Waals surface area contributed by atoms with Crippen molar-refractivity contribution in [2.24, 2.45) is 0 Å². The third-order valence-electron chi connectivity index (χ3n) is 5.12. The van der Waals surface area contributed by atoms with Crippen molar-refractivity contribution >= 4 is 10.0 Å². The van der Waals surface area contributed by atoms with E-state index in [9.17, 15) is 17.2 Å². The summed E-state index contributed by atoms with van der Waals surface area (Å²) in [4.78, 5) is 0.0917. The highest BCUT2D eigenvalue weighted by atomic mass is 32.2. The molecule has 0 saturated carbocycles. The van der Waals surface area contributed by atoms with Crippen molar-refractivity contribution in [1.29, 1.82) is 0 Å². The monoisotopic (exact) mass is 394 g/mol. The van der Waals surface area contributed by atoms with Gasteiger partial charge in [0.1, 0.15) is 11.6 Å². The molecule has 1 saturated heterocycles. The molecule has 0 amide bonds. The van der Waals surface area contributed by atoms with Gasteiger partial charge in [-0.1, -0.05) is 12.1 Å². The number of aryl methyl sites for hydroxylation is 2. The average molecular weight is 394 g/mol. The van der Waals surface area contributed by atoms with Crippen LogP contribution in [0.25, 0.3) is 0 Å². The van der Waals surface area contributed by atoms with Gasteiger partial charge in [0.05, 0.1) is 10.9 Å². The van der Waals surface area contributed by atoms with E-state index in [4.69, 9.17) is 0 Å². The van der Waals surface area contributed by atoms with Crippen molar-refractivity contribution in [3.05, 3.63) is 64.7 Å². The molecule has 4 nitrogen and oxygen atoms in total. The summed E-state index contributed by atoms with van der Waals surface area (Å²) < 4.78 is 55.8. The molecular formula is C20H24F2N2O2S. The highest BCUT2D eigenvalue weighted by Crippen LogP contribution is 2.40. The van der Waals surface area contributed by atoms with Gasteiger partial charge in [0.15, 0.2) is 0 Å². The molecule has 1 aliphatic rings. The highest BCUT2D eigenvalue weighted by molar-refractivity contribution is 7.89. The lowest BCUT2D eigenvalue weighted by Gasteiger charge is -2.30. The SMILES string of the molecule is CNC[C@@H]1CC[C@H](c2ccc(F)cc2)N1S(=O)(=O)c1cc(C)c(F)c(C)c1. The van der Waals surface area contributed by atoms with E-state index in [1.54, 1.807) is 33.0 Å². The molecule has 3 rings (SSSR count). The first-order valence-corrected chi connectivity index (χ1v) is 10.4. The summed E-state index contributed by atoms with van der Waals surface area (Å²) in [6, 6.07) is 8.12. The quantitative estimate of drug-likeness (QED) is 0.841. The first-order valence-electron chi connectivity index (χ1n) is 8.96. The Kier molecular flexibility index (Phi) is 5.65. The number of likely N-dealkylation sites (N-methyl/N-ethyl adjacent to an activating group) is 1. The maximum Gasteiger partial charge on any atom is 0.243 e. The van der Waals surface area contributed by atoms with Crippen LogP contribution in [0.4, 0.5) is 8.78 Å². The summed E-state index contributed by atoms with van der Waals surface area (Å²) >= 11 is 0. The van der Waals surface area contributed by atoms with E-state index in [2.05, 4.69) is 5.32 Å². The first kappa shape index (κ1) is 19.9. The Labute approximate surface area is 159 Å². The van der Waals surface area contributed by atoms with Gasteiger partial charge in [-0.25, -0.2) is 17.2 Å². The minimum atomic E-state index is -3.85. The number of rotatable bonds is 5. The largest absolute Gasteiger partial charge is 0.318 e. The molecule has 2 aromatic rings. The van der Waals surface area contributed by atoms with Gasteiger partial charge in [-0.3, -0.25) is 0 Å². The van der Waals surface area contributed by atoms with Crippen molar-refractivity contribution in [3.63, 3.8) is 0 Å². The molecule has 146 valence electrons. The molecule has 0 bridgehead atoms. The van der Waals surface area contributed by atoms with Crippen LogP contribution in [-0.2, 0) is 10.0 Å². The maximum atomic E-state index is 14.0. The molecule has 2 atom stereocenters. The second kappa shape index (κ2) is 7.66. The molecule has 2 aromatic carbocycles. The summed E-state index contributed by atoms with van der Waals surface area (Å²) in [5, 5.41) is 3.05. The predicted octanol–water partition coefficient (Wildman–Crippen LogP) is 3.70. The average Bonchev–Trinajstić information content (AvgIpc) is 3.04. The number of hydrogen-bond donors (Lipinski definition) is 1. The van der Waals surface area contributed by atoms with Crippen LogP contribution >= 0.6 is 0 Å². The molecule has 1 aliphatic heterocycles. The normalized spacial score (nSPS) is 20.9. The fourth-order valence-electron chi connectivity index (χ4n) is 3.83. The molecule has 0 spiro atoms. The summed E-state index contributed by atoms with van der Waals surface area (Å²) in [6.07, 6.45) is 1.34. The molecular weight excluding hydrogens is 370 g/mol. The Balaban J connectivity index is 2.08. The van der Waals surface area contributed by atoms with E-state index in [1.165, 1.54) is 28.6 Å². The summed E-state index contributed by atoms with van der Waals surface area (Å²) in [5.41, 5.74) is 1.36. The molecule has 0 aromatic heterocycles. The van der Waals surface area contributed by atoms with Crippen LogP contribution in [-0.4, -0.2) is 32.4 Å². The molecule has 0 aliphatic carbocycles. The third kappa shape index (κ3) is 3.77. The number of nitrogens with one attached hydrogen (secondary N) is 1. The first-order chi connectivity index (χ1) is 12.8. The van der Waals surface area contributed by atoms with Crippen LogP contribution in [0.15, 0.2) is 41.3 Å². The van der Waals surface area contributed by atoms with Gasteiger partial charge < -0.3 is 5.32 Å². The van der Waals surface area contributed by atoms with Crippen molar-refractivity contribution < 1.29 is 17.2 Å². The van der Waals surface area contributed by atoms with Gasteiger partial charge in [-0.2, -0.15) is 4.31 Å². The Morgan fingerprint density at radius 2 is 1.67 bits per heavy atom. The molecule has 1 fully saturated rings. The van der Waals surface area contributed by atoms with Crippen LogP contribution in [0.2, 0.25) is 0 Å². The van der Waals surface area contributed by atoms with Crippen molar-refractivity contribution in [2.75, 3.05) is 13.6 Å². The second-order valence-electron chi connectivity index (χ2n) is 7.06. The second-order valence-corrected chi connectivity index (χ2v) is 8.91. The Morgan fingerprint density at radius 1 is 1.07 bits per heavy atom. The van der Waals surface area contributed by atoms with Gasteiger partial charge in [-0.15, -0.1) is 0 Å². The molecule has 1 heterocycles. The minimum Gasteiger partial charge on any atom is -0.318 e. The van der Waals surface area contributed by atoms with Gasteiger partial charge in [-0.05, 0) is 74.7 Å². The van der Waals surface area contributed by atoms with Crippen LogP contribution in [0.5, 0.6) is 0 Å². The van der Waals surface area contributed by atoms with Crippen molar-refractivity contribution in [3.8, 4) is 0 Å². The smallest absolute Gasteiger partial charge is 0.243 e. The van der Waals surface area contributed by atoms with E-state index >= 15 is 0 Å². The lowest BCUT2D eigenvalue weighted by atomic mass is 10.1. The minimum absolute atomic E-state index is 0.0917. The highest BCUT2D eigenvalue weighted by Gasteiger charge is 2.42. The van der Waals surface area contributed by atoms with E-state index in [-0.39, 0.29) is 22.8 Å². The summed E-state index contributed by atoms with van der Waals surface area (Å²) in [7, 11) is -2.07. The van der Waals surface area contributed by atoms with E-state index in [0.717, 1.165) is 5.56 Å². The van der Waals surface area contributed by atoms with Gasteiger partial charge in [0.25, 0.3) is 0 Å². The number of halogens is 2. The summed E-state index contributed by atoms with van der Waals surface area (Å²) in [6.45, 7) is 3.64. The number of sulfonamides is 1. The van der Waals surface area contributed by atoms with Crippen LogP contribution in [0, 0.1) is 25.5 Å². The van der Waals surface area contributed by atoms with Gasteiger partial charge in [0, 0.05) is 12.6 Å². The van der Waals surface area contributed by atoms with Crippen LogP contribution in [0.1, 0.15) is 35.6 Å². The van der Waals surface area contributed by atoms with Gasteiger partial charge >= 0.3 is 0 Å². The molecule has 7 heteroatoms. The van der Waals surface area contributed by atoms with Crippen molar-refractivity contribution in [2.45, 2.75) is 43.7 Å². The number of benzene rings is 2. The lowest BCUT2D eigenvalue weighted by Crippen LogP contribution is -2.42. The number of nitrogens with zero attached hydrogens (tertiary/aromatic N) is 1. The molecule has 0 unspecified atom stereocenters. The van der Waals surface area contributed by atoms with E-state index < -0.39 is 15.8 Å². The predicted molar refractivity (Wildman–Crippen MR) is 101 cm³/mol. The van der Waals surface area contributed by atoms with Gasteiger partial charge in [0.2, 0.25) is 10.0 Å². The zero-order chi connectivity index (χ0) is 19.8. The number of hydrogen-bond acceptors (Lipinski definition) is 3. The third-order valence-corrected chi connectivity index (χ3v) is 7.06. The zero-order valence-corrected chi connectivity index (χ0v) is 16.5. The van der Waals surface area contributed by atoms with Crippen molar-refractivity contribution in [1.82, 2.24) is 9.62 Å². The maximum absolute atomic E-state index is 14.0. The Hall–Kier alpha value is -1.83. The van der Waals surface area contributed by atoms with Crippen LogP contribution in [0.3, 0.4) is 0 Å². The standard InChI is InChI=1S/C20H24F2N2O2S/c1-13-10-18(11-14(2)20(13)22)27(25,26)24-17(12-23-3)8-9-19(24)15-4-6-16(21)7-5-15/h4-7,10-11,17,19,23H,8-9,12H2,1-3H3/t17-,19+/m0/s1. The fourth-order valence-corrected chi connectivity index (χ4v) is 5.86. The molecule has 1 N–H and O–H groups in total. The van der Waals surface area contributed by atoms with E-state index in [0.29, 0.717) is 30.5 Å². The Bertz CT molecular complexity index is 906. The topological polar surface area (TPSA) is 49.4 Å². The fraction of sp³-hybridized carbons (Fsp3) is 0.400.